The van der Waals surface area contributed by atoms with E-state index >= 15 is 0 Å². The van der Waals surface area contributed by atoms with Crippen LogP contribution in [0.25, 0.3) is 11.0 Å². The van der Waals surface area contributed by atoms with E-state index in [1.807, 2.05) is 12.1 Å². The summed E-state index contributed by atoms with van der Waals surface area (Å²) in [4.78, 5) is 0. The molecule has 114 valence electrons. The summed E-state index contributed by atoms with van der Waals surface area (Å²) in [6, 6.07) is 6.62. The molecule has 1 aromatic heterocycles. The largest absolute Gasteiger partial charge is 0.494 e. The molecule has 0 N–H and O–H groups in total. The van der Waals surface area contributed by atoms with Crippen molar-refractivity contribution in [3.63, 3.8) is 0 Å². The average Bonchev–Trinajstić information content (AvgIpc) is 2.78. The van der Waals surface area contributed by atoms with Gasteiger partial charge in [0.1, 0.15) is 11.3 Å². The average molecular weight is 287 g/mol. The summed E-state index contributed by atoms with van der Waals surface area (Å²) in [6.07, 6.45) is 3.43. The van der Waals surface area contributed by atoms with Gasteiger partial charge in [-0.25, -0.2) is 4.68 Å². The molecule has 3 rings (SSSR count). The molecule has 1 aliphatic rings. The fraction of sp³-hybridized carbons (Fsp3) is 0.647. The molecule has 1 aliphatic carbocycles. The van der Waals surface area contributed by atoms with Gasteiger partial charge in [0.15, 0.2) is 0 Å². The first kappa shape index (κ1) is 14.4. The molecule has 0 unspecified atom stereocenters. The van der Waals surface area contributed by atoms with E-state index in [-0.39, 0.29) is 0 Å². The normalized spacial score (nSPS) is 18.1. The van der Waals surface area contributed by atoms with Crippen LogP contribution in [0.1, 0.15) is 53.0 Å². The van der Waals surface area contributed by atoms with Crippen molar-refractivity contribution >= 4 is 11.0 Å². The van der Waals surface area contributed by atoms with Crippen LogP contribution < -0.4 is 4.74 Å². The molecule has 2 aromatic rings. The lowest BCUT2D eigenvalue weighted by Gasteiger charge is -2.42. The molecule has 0 amide bonds. The Bertz CT molecular complexity index is 622. The van der Waals surface area contributed by atoms with Gasteiger partial charge in [0.2, 0.25) is 0 Å². The third-order valence-electron chi connectivity index (χ3n) is 4.33. The van der Waals surface area contributed by atoms with Gasteiger partial charge in [0.05, 0.1) is 18.2 Å². The summed E-state index contributed by atoms with van der Waals surface area (Å²) in [5.41, 5.74) is 2.50. The monoisotopic (exact) mass is 287 g/mol. The fourth-order valence-corrected chi connectivity index (χ4v) is 3.08. The van der Waals surface area contributed by atoms with Gasteiger partial charge in [-0.1, -0.05) is 32.9 Å². The zero-order chi connectivity index (χ0) is 15.0. The Labute approximate surface area is 126 Å². The zero-order valence-corrected chi connectivity index (χ0v) is 13.5. The second-order valence-corrected chi connectivity index (χ2v) is 7.44. The van der Waals surface area contributed by atoms with E-state index in [2.05, 4.69) is 48.8 Å². The van der Waals surface area contributed by atoms with E-state index in [1.54, 1.807) is 0 Å². The van der Waals surface area contributed by atoms with Crippen molar-refractivity contribution in [2.24, 2.45) is 11.3 Å². The molecule has 1 heterocycles. The number of hydrogen-bond acceptors (Lipinski definition) is 3. The first-order valence-corrected chi connectivity index (χ1v) is 7.92. The Morgan fingerprint density at radius 2 is 2.10 bits per heavy atom. The molecule has 0 aliphatic heterocycles. The third kappa shape index (κ3) is 3.04. The number of fused-ring (bicyclic) bond motifs is 1. The Hall–Kier alpha value is -1.58. The molecule has 0 spiro atoms. The molecule has 4 nitrogen and oxygen atoms in total. The lowest BCUT2D eigenvalue weighted by Crippen LogP contribution is -2.34. The molecular weight excluding hydrogens is 262 g/mol. The summed E-state index contributed by atoms with van der Waals surface area (Å²) < 4.78 is 7.87. The second-order valence-electron chi connectivity index (χ2n) is 7.44. The van der Waals surface area contributed by atoms with Crippen LogP contribution in [0.3, 0.4) is 0 Å². The maximum Gasteiger partial charge on any atom is 0.121 e. The van der Waals surface area contributed by atoms with Crippen LogP contribution in [0.5, 0.6) is 5.75 Å². The maximum absolute atomic E-state index is 5.79. The van der Waals surface area contributed by atoms with Crippen molar-refractivity contribution in [1.82, 2.24) is 15.0 Å². The van der Waals surface area contributed by atoms with Crippen molar-refractivity contribution in [2.45, 2.75) is 53.0 Å². The molecule has 1 fully saturated rings. The van der Waals surface area contributed by atoms with Crippen molar-refractivity contribution in [2.75, 3.05) is 6.61 Å². The van der Waals surface area contributed by atoms with E-state index in [9.17, 15) is 0 Å². The predicted octanol–water partition coefficient (Wildman–Crippen LogP) is 4.22. The molecule has 1 saturated carbocycles. The minimum absolute atomic E-state index is 0.447. The Balaban J connectivity index is 1.72. The fourth-order valence-electron chi connectivity index (χ4n) is 3.08. The van der Waals surface area contributed by atoms with Crippen LogP contribution in [0.4, 0.5) is 0 Å². The lowest BCUT2D eigenvalue weighted by molar-refractivity contribution is 0.0966. The first-order valence-electron chi connectivity index (χ1n) is 7.92. The van der Waals surface area contributed by atoms with Crippen LogP contribution in [0.2, 0.25) is 0 Å². The Morgan fingerprint density at radius 1 is 1.33 bits per heavy atom. The number of rotatable bonds is 5. The van der Waals surface area contributed by atoms with Crippen LogP contribution >= 0.6 is 0 Å². The minimum Gasteiger partial charge on any atom is -0.494 e. The van der Waals surface area contributed by atoms with Gasteiger partial charge in [0.25, 0.3) is 0 Å². The van der Waals surface area contributed by atoms with Crippen LogP contribution in [0, 0.1) is 11.3 Å². The van der Waals surface area contributed by atoms with Crippen molar-refractivity contribution < 1.29 is 4.74 Å². The molecule has 0 saturated heterocycles. The van der Waals surface area contributed by atoms with Gasteiger partial charge in [-0.2, -0.15) is 0 Å². The highest BCUT2D eigenvalue weighted by atomic mass is 16.5. The SMILES string of the molecule is CC(C)CCOc1ccc2c(c1)nnn2C1CC(C)(C)C1. The van der Waals surface area contributed by atoms with Crippen molar-refractivity contribution in [3.8, 4) is 5.75 Å². The summed E-state index contributed by atoms with van der Waals surface area (Å²) >= 11 is 0. The number of nitrogens with zero attached hydrogens (tertiary/aromatic N) is 3. The highest BCUT2D eigenvalue weighted by molar-refractivity contribution is 5.76. The van der Waals surface area contributed by atoms with Gasteiger partial charge >= 0.3 is 0 Å². The number of benzene rings is 1. The van der Waals surface area contributed by atoms with E-state index in [1.165, 1.54) is 12.8 Å². The lowest BCUT2D eigenvalue weighted by atomic mass is 9.68. The quantitative estimate of drug-likeness (QED) is 0.826. The van der Waals surface area contributed by atoms with E-state index in [4.69, 9.17) is 4.74 Å². The third-order valence-corrected chi connectivity index (χ3v) is 4.33. The number of ether oxygens (including phenoxy) is 1. The topological polar surface area (TPSA) is 39.9 Å². The predicted molar refractivity (Wildman–Crippen MR) is 84.5 cm³/mol. The van der Waals surface area contributed by atoms with Gasteiger partial charge in [-0.3, -0.25) is 0 Å². The van der Waals surface area contributed by atoms with Crippen LogP contribution in [0.15, 0.2) is 18.2 Å². The van der Waals surface area contributed by atoms with Crippen molar-refractivity contribution in [3.05, 3.63) is 18.2 Å². The van der Waals surface area contributed by atoms with Gasteiger partial charge in [-0.15, -0.1) is 5.10 Å². The highest BCUT2D eigenvalue weighted by Crippen LogP contribution is 2.48. The van der Waals surface area contributed by atoms with E-state index < -0.39 is 0 Å². The highest BCUT2D eigenvalue weighted by Gasteiger charge is 2.38. The van der Waals surface area contributed by atoms with Gasteiger partial charge in [0, 0.05) is 6.07 Å². The zero-order valence-electron chi connectivity index (χ0n) is 13.5. The smallest absolute Gasteiger partial charge is 0.121 e. The van der Waals surface area contributed by atoms with Crippen LogP contribution in [-0.2, 0) is 0 Å². The molecule has 21 heavy (non-hydrogen) atoms. The van der Waals surface area contributed by atoms with Gasteiger partial charge < -0.3 is 4.74 Å². The molecule has 0 radical (unpaired) electrons. The summed E-state index contributed by atoms with van der Waals surface area (Å²) in [5.74, 6) is 1.56. The molecular formula is C17H25N3O. The Morgan fingerprint density at radius 3 is 2.76 bits per heavy atom. The first-order chi connectivity index (χ1) is 9.94. The molecule has 0 atom stereocenters. The molecule has 0 bridgehead atoms. The van der Waals surface area contributed by atoms with Crippen molar-refractivity contribution in [1.29, 1.82) is 0 Å². The molecule has 1 aromatic carbocycles. The van der Waals surface area contributed by atoms with E-state index in [0.717, 1.165) is 29.8 Å². The summed E-state index contributed by atoms with van der Waals surface area (Å²) in [6.45, 7) is 9.79. The number of hydrogen-bond donors (Lipinski definition) is 0. The standard InChI is InChI=1S/C17H25N3O/c1-12(2)7-8-21-14-5-6-16-15(9-14)18-19-20(16)13-10-17(3,4)11-13/h5-6,9,12-13H,7-8,10-11H2,1-4H3. The summed E-state index contributed by atoms with van der Waals surface area (Å²) in [7, 11) is 0. The Kier molecular flexibility index (Phi) is 3.64. The minimum atomic E-state index is 0.447. The molecule has 4 heteroatoms. The summed E-state index contributed by atoms with van der Waals surface area (Å²) in [5, 5.41) is 8.65. The van der Waals surface area contributed by atoms with E-state index in [0.29, 0.717) is 17.4 Å². The second kappa shape index (κ2) is 5.32. The van der Waals surface area contributed by atoms with Gasteiger partial charge in [-0.05, 0) is 42.7 Å². The number of aromatic nitrogens is 3. The maximum atomic E-state index is 5.79. The van der Waals surface area contributed by atoms with Crippen LogP contribution in [-0.4, -0.2) is 21.6 Å².